The molecule has 2 N–H and O–H groups in total. The lowest BCUT2D eigenvalue weighted by atomic mass is 9.75. The van der Waals surface area contributed by atoms with E-state index >= 15 is 0 Å². The van der Waals surface area contributed by atoms with Gasteiger partial charge < -0.3 is 20.4 Å². The van der Waals surface area contributed by atoms with Crippen molar-refractivity contribution in [2.75, 3.05) is 37.6 Å². The minimum Gasteiger partial charge on any atom is -0.350 e. The Balaban J connectivity index is 1.15. The summed E-state index contributed by atoms with van der Waals surface area (Å²) in [5, 5.41) is 6.24. The van der Waals surface area contributed by atoms with Crippen LogP contribution in [0.3, 0.4) is 0 Å². The van der Waals surface area contributed by atoms with Gasteiger partial charge >= 0.3 is 6.03 Å². The molecule has 8 nitrogen and oxygen atoms in total. The molecule has 0 aliphatic carbocycles. The zero-order valence-electron chi connectivity index (χ0n) is 17.8. The minimum absolute atomic E-state index is 0.0603. The first-order valence-corrected chi connectivity index (χ1v) is 11.2. The summed E-state index contributed by atoms with van der Waals surface area (Å²) < 4.78 is 13.0. The van der Waals surface area contributed by atoms with E-state index in [1.54, 1.807) is 30.6 Å². The first-order chi connectivity index (χ1) is 15.5. The van der Waals surface area contributed by atoms with E-state index in [0.29, 0.717) is 38.5 Å². The molecule has 0 saturated carbocycles. The SMILES string of the molecule is O=C1NC2(CCN(C(=O)NCCc3ccc(F)cc3)CC2)[C@@H]2CN(c3ncccn3)C[C@H]12. The third-order valence-corrected chi connectivity index (χ3v) is 7.12. The molecule has 2 atom stereocenters. The normalized spacial score (nSPS) is 23.8. The molecular weight excluding hydrogens is 411 g/mol. The molecule has 9 heteroatoms. The second-order valence-electron chi connectivity index (χ2n) is 8.91. The largest absolute Gasteiger partial charge is 0.350 e. The van der Waals surface area contributed by atoms with Gasteiger partial charge in [0.05, 0.1) is 5.92 Å². The maximum Gasteiger partial charge on any atom is 0.317 e. The number of benzene rings is 1. The van der Waals surface area contributed by atoms with E-state index in [2.05, 4.69) is 25.5 Å². The molecule has 3 fully saturated rings. The number of urea groups is 1. The zero-order valence-corrected chi connectivity index (χ0v) is 17.8. The smallest absolute Gasteiger partial charge is 0.317 e. The summed E-state index contributed by atoms with van der Waals surface area (Å²) in [6, 6.07) is 8.02. The van der Waals surface area contributed by atoms with Crippen molar-refractivity contribution in [3.63, 3.8) is 0 Å². The number of hydrogen-bond acceptors (Lipinski definition) is 5. The predicted octanol–water partition coefficient (Wildman–Crippen LogP) is 1.58. The Labute approximate surface area is 186 Å². The van der Waals surface area contributed by atoms with Crippen molar-refractivity contribution in [2.45, 2.75) is 24.8 Å². The molecule has 0 radical (unpaired) electrons. The van der Waals surface area contributed by atoms with Crippen LogP contribution in [0.4, 0.5) is 15.1 Å². The van der Waals surface area contributed by atoms with Gasteiger partial charge in [0.25, 0.3) is 0 Å². The van der Waals surface area contributed by atoms with Crippen LogP contribution in [0.25, 0.3) is 0 Å². The standard InChI is InChI=1S/C23H27FN6O2/c24-17-4-2-16(3-5-17)6-11-27-22(32)29-12-7-23(8-13-29)19-15-30(14-18(19)20(31)28-23)21-25-9-1-10-26-21/h1-5,9-10,18-19H,6-8,11-15H2,(H,27,32)(H,28,31)/t18-,19+/m0/s1. The number of nitrogens with zero attached hydrogens (tertiary/aromatic N) is 4. The molecule has 2 aromatic rings. The van der Waals surface area contributed by atoms with Crippen LogP contribution in [-0.2, 0) is 11.2 Å². The highest BCUT2D eigenvalue weighted by molar-refractivity contribution is 5.84. The molecule has 1 spiro atoms. The molecule has 0 unspecified atom stereocenters. The van der Waals surface area contributed by atoms with Crippen molar-refractivity contribution < 1.29 is 14.0 Å². The van der Waals surface area contributed by atoms with Crippen LogP contribution in [0.1, 0.15) is 18.4 Å². The Bertz CT molecular complexity index is 978. The van der Waals surface area contributed by atoms with Gasteiger partial charge in [-0.2, -0.15) is 0 Å². The van der Waals surface area contributed by atoms with Gasteiger partial charge in [-0.1, -0.05) is 12.1 Å². The van der Waals surface area contributed by atoms with Gasteiger partial charge in [-0.05, 0) is 43.0 Å². The minimum atomic E-state index is -0.268. The van der Waals surface area contributed by atoms with Crippen LogP contribution in [0, 0.1) is 17.7 Å². The van der Waals surface area contributed by atoms with E-state index < -0.39 is 0 Å². The lowest BCUT2D eigenvalue weighted by Crippen LogP contribution is -2.57. The van der Waals surface area contributed by atoms with Gasteiger partial charge in [-0.25, -0.2) is 19.2 Å². The molecule has 0 bridgehead atoms. The molecule has 1 aromatic carbocycles. The van der Waals surface area contributed by atoms with Crippen LogP contribution in [0.15, 0.2) is 42.7 Å². The van der Waals surface area contributed by atoms with Crippen molar-refractivity contribution in [3.05, 3.63) is 54.1 Å². The Kier molecular flexibility index (Phi) is 5.40. The lowest BCUT2D eigenvalue weighted by Gasteiger charge is -2.42. The van der Waals surface area contributed by atoms with Gasteiger partial charge in [0, 0.05) is 56.6 Å². The molecule has 4 heterocycles. The summed E-state index contributed by atoms with van der Waals surface area (Å²) in [6.45, 7) is 3.09. The van der Waals surface area contributed by atoms with Crippen LogP contribution >= 0.6 is 0 Å². The van der Waals surface area contributed by atoms with Crippen molar-refractivity contribution in [3.8, 4) is 0 Å². The Morgan fingerprint density at radius 2 is 1.88 bits per heavy atom. The molecule has 3 aliphatic rings. The van der Waals surface area contributed by atoms with Crippen molar-refractivity contribution in [2.24, 2.45) is 11.8 Å². The van der Waals surface area contributed by atoms with Gasteiger partial charge in [-0.15, -0.1) is 0 Å². The number of anilines is 1. The molecule has 32 heavy (non-hydrogen) atoms. The highest BCUT2D eigenvalue weighted by Gasteiger charge is 2.57. The molecule has 3 saturated heterocycles. The number of likely N-dealkylation sites (tertiary alicyclic amines) is 1. The average Bonchev–Trinajstić information content (AvgIpc) is 3.37. The van der Waals surface area contributed by atoms with Gasteiger partial charge in [0.2, 0.25) is 11.9 Å². The number of piperidine rings is 1. The second-order valence-corrected chi connectivity index (χ2v) is 8.91. The lowest BCUT2D eigenvalue weighted by molar-refractivity contribution is -0.122. The summed E-state index contributed by atoms with van der Waals surface area (Å²) in [5.74, 6) is 0.647. The van der Waals surface area contributed by atoms with Gasteiger partial charge in [-0.3, -0.25) is 4.79 Å². The van der Waals surface area contributed by atoms with E-state index in [1.165, 1.54) is 12.1 Å². The van der Waals surface area contributed by atoms with Gasteiger partial charge in [0.1, 0.15) is 5.82 Å². The highest BCUT2D eigenvalue weighted by atomic mass is 19.1. The van der Waals surface area contributed by atoms with Crippen molar-refractivity contribution >= 4 is 17.9 Å². The third kappa shape index (κ3) is 3.87. The number of aromatic nitrogens is 2. The average molecular weight is 439 g/mol. The second kappa shape index (κ2) is 8.37. The fourth-order valence-electron chi connectivity index (χ4n) is 5.36. The fraction of sp³-hybridized carbons (Fsp3) is 0.478. The molecule has 1 aromatic heterocycles. The van der Waals surface area contributed by atoms with Crippen molar-refractivity contribution in [1.82, 2.24) is 25.5 Å². The number of amides is 3. The van der Waals surface area contributed by atoms with Crippen LogP contribution in [0.2, 0.25) is 0 Å². The monoisotopic (exact) mass is 438 g/mol. The molecule has 3 amide bonds. The number of carbonyl (C=O) groups is 2. The Morgan fingerprint density at radius 3 is 2.59 bits per heavy atom. The number of fused-ring (bicyclic) bond motifs is 2. The summed E-state index contributed by atoms with van der Waals surface area (Å²) in [4.78, 5) is 37.9. The molecule has 168 valence electrons. The third-order valence-electron chi connectivity index (χ3n) is 7.12. The fourth-order valence-corrected chi connectivity index (χ4v) is 5.36. The summed E-state index contributed by atoms with van der Waals surface area (Å²) in [6.07, 6.45) is 5.59. The number of halogens is 1. The first-order valence-electron chi connectivity index (χ1n) is 11.2. The molecular formula is C23H27FN6O2. The highest BCUT2D eigenvalue weighted by Crippen LogP contribution is 2.44. The molecule has 3 aliphatic heterocycles. The number of carbonyl (C=O) groups excluding carboxylic acids is 2. The summed E-state index contributed by atoms with van der Waals surface area (Å²) in [5.41, 5.74) is 0.716. The summed E-state index contributed by atoms with van der Waals surface area (Å²) >= 11 is 0. The van der Waals surface area contributed by atoms with E-state index in [9.17, 15) is 14.0 Å². The zero-order chi connectivity index (χ0) is 22.1. The van der Waals surface area contributed by atoms with E-state index in [-0.39, 0.29) is 35.1 Å². The van der Waals surface area contributed by atoms with E-state index in [1.807, 2.05) is 4.90 Å². The maximum atomic E-state index is 13.0. The van der Waals surface area contributed by atoms with E-state index in [4.69, 9.17) is 0 Å². The topological polar surface area (TPSA) is 90.5 Å². The van der Waals surface area contributed by atoms with Crippen molar-refractivity contribution in [1.29, 1.82) is 0 Å². The van der Waals surface area contributed by atoms with Gasteiger partial charge in [0.15, 0.2) is 0 Å². The quantitative estimate of drug-likeness (QED) is 0.757. The number of rotatable bonds is 4. The Morgan fingerprint density at radius 1 is 1.16 bits per heavy atom. The predicted molar refractivity (Wildman–Crippen MR) is 116 cm³/mol. The van der Waals surface area contributed by atoms with Crippen LogP contribution in [-0.4, -0.2) is 65.1 Å². The number of nitrogens with one attached hydrogen (secondary N) is 2. The summed E-state index contributed by atoms with van der Waals surface area (Å²) in [7, 11) is 0. The maximum absolute atomic E-state index is 13.0. The van der Waals surface area contributed by atoms with E-state index in [0.717, 1.165) is 24.9 Å². The van der Waals surface area contributed by atoms with Crippen LogP contribution in [0.5, 0.6) is 0 Å². The van der Waals surface area contributed by atoms with Crippen LogP contribution < -0.4 is 15.5 Å². The first kappa shape index (κ1) is 20.7. The molecule has 5 rings (SSSR count). The Hall–Kier alpha value is -3.23. The number of hydrogen-bond donors (Lipinski definition) is 2.